The molecule has 2 rings (SSSR count). The number of fused-ring (bicyclic) bond motifs is 1. The van der Waals surface area contributed by atoms with Crippen LogP contribution >= 0.6 is 12.4 Å². The van der Waals surface area contributed by atoms with Crippen LogP contribution in [0.5, 0.6) is 11.5 Å². The second-order valence-corrected chi connectivity index (χ2v) is 2.36. The molecule has 0 aromatic heterocycles. The van der Waals surface area contributed by atoms with E-state index in [9.17, 15) is 0 Å². The van der Waals surface area contributed by atoms with Gasteiger partial charge in [0.2, 0.25) is 6.79 Å². The summed E-state index contributed by atoms with van der Waals surface area (Å²) in [5, 5.41) is 0. The summed E-state index contributed by atoms with van der Waals surface area (Å²) in [5.74, 6) is 1.60. The largest absolute Gasteiger partial charge is 0.454 e. The molecule has 0 fully saturated rings. The van der Waals surface area contributed by atoms with Gasteiger partial charge in [0.15, 0.2) is 11.5 Å². The van der Waals surface area contributed by atoms with Crippen molar-refractivity contribution in [2.45, 2.75) is 6.54 Å². The van der Waals surface area contributed by atoms with Gasteiger partial charge in [-0.1, -0.05) is 12.1 Å². The van der Waals surface area contributed by atoms with Crippen molar-refractivity contribution in [1.29, 1.82) is 0 Å². The fourth-order valence-corrected chi connectivity index (χ4v) is 1.15. The predicted molar refractivity (Wildman–Crippen MR) is 47.7 cm³/mol. The molecular formula is C8H10ClNO2. The van der Waals surface area contributed by atoms with Crippen LogP contribution in [0.4, 0.5) is 0 Å². The van der Waals surface area contributed by atoms with Gasteiger partial charge in [-0.3, -0.25) is 0 Å². The molecule has 0 radical (unpaired) electrons. The zero-order chi connectivity index (χ0) is 7.68. The third-order valence-corrected chi connectivity index (χ3v) is 1.70. The van der Waals surface area contributed by atoms with Crippen LogP contribution < -0.4 is 15.2 Å². The molecule has 12 heavy (non-hydrogen) atoms. The van der Waals surface area contributed by atoms with E-state index in [4.69, 9.17) is 15.2 Å². The van der Waals surface area contributed by atoms with Crippen LogP contribution in [0.2, 0.25) is 0 Å². The third kappa shape index (κ3) is 1.33. The number of hydrogen-bond acceptors (Lipinski definition) is 3. The van der Waals surface area contributed by atoms with E-state index in [1.54, 1.807) is 0 Å². The Bertz CT molecular complexity index is 278. The molecule has 0 atom stereocenters. The normalized spacial score (nSPS) is 12.4. The Morgan fingerprint density at radius 3 is 2.92 bits per heavy atom. The predicted octanol–water partition coefficient (Wildman–Crippen LogP) is 1.30. The highest BCUT2D eigenvalue weighted by Crippen LogP contribution is 2.34. The Kier molecular flexibility index (Phi) is 2.78. The second-order valence-electron chi connectivity index (χ2n) is 2.36. The standard InChI is InChI=1S/C8H9NO2.ClH/c9-4-6-2-1-3-7-8(6)11-5-10-7;/h1-3H,4-5,9H2;1H. The first-order valence-corrected chi connectivity index (χ1v) is 3.49. The molecule has 0 bridgehead atoms. The van der Waals surface area contributed by atoms with Gasteiger partial charge >= 0.3 is 0 Å². The smallest absolute Gasteiger partial charge is 0.231 e. The average Bonchev–Trinajstić information content (AvgIpc) is 2.50. The van der Waals surface area contributed by atoms with Crippen molar-refractivity contribution in [1.82, 2.24) is 0 Å². The number of hydrogen-bond donors (Lipinski definition) is 1. The summed E-state index contributed by atoms with van der Waals surface area (Å²) >= 11 is 0. The zero-order valence-corrected chi connectivity index (χ0v) is 7.26. The number of nitrogens with two attached hydrogens (primary N) is 1. The number of para-hydroxylation sites is 1. The van der Waals surface area contributed by atoms with E-state index in [0.717, 1.165) is 17.1 Å². The maximum absolute atomic E-state index is 5.49. The fourth-order valence-electron chi connectivity index (χ4n) is 1.15. The minimum Gasteiger partial charge on any atom is -0.454 e. The SMILES string of the molecule is Cl.NCc1cccc2c1OCO2. The molecule has 1 aliphatic rings. The summed E-state index contributed by atoms with van der Waals surface area (Å²) in [6.45, 7) is 0.804. The molecule has 1 aliphatic heterocycles. The minimum absolute atomic E-state index is 0. The van der Waals surface area contributed by atoms with Crippen LogP contribution in [0.15, 0.2) is 18.2 Å². The lowest BCUT2D eigenvalue weighted by atomic mass is 10.2. The molecule has 66 valence electrons. The molecule has 0 spiro atoms. The Morgan fingerprint density at radius 2 is 2.17 bits per heavy atom. The summed E-state index contributed by atoms with van der Waals surface area (Å²) in [7, 11) is 0. The summed E-state index contributed by atoms with van der Waals surface area (Å²) in [6, 6.07) is 5.73. The Hall–Kier alpha value is -0.930. The summed E-state index contributed by atoms with van der Waals surface area (Å²) in [5.41, 5.74) is 6.49. The summed E-state index contributed by atoms with van der Waals surface area (Å²) in [6.07, 6.45) is 0. The van der Waals surface area contributed by atoms with Gasteiger partial charge in [0, 0.05) is 12.1 Å². The van der Waals surface area contributed by atoms with Gasteiger partial charge in [0.05, 0.1) is 0 Å². The Balaban J connectivity index is 0.000000720. The lowest BCUT2D eigenvalue weighted by molar-refractivity contribution is 0.173. The highest BCUT2D eigenvalue weighted by molar-refractivity contribution is 5.85. The third-order valence-electron chi connectivity index (χ3n) is 1.70. The van der Waals surface area contributed by atoms with E-state index in [2.05, 4.69) is 0 Å². The van der Waals surface area contributed by atoms with Crippen LogP contribution in [-0.2, 0) is 6.54 Å². The highest BCUT2D eigenvalue weighted by atomic mass is 35.5. The van der Waals surface area contributed by atoms with Crippen LogP contribution in [0.3, 0.4) is 0 Å². The van der Waals surface area contributed by atoms with E-state index in [0.29, 0.717) is 13.3 Å². The molecular weight excluding hydrogens is 178 g/mol. The van der Waals surface area contributed by atoms with Gasteiger partial charge < -0.3 is 15.2 Å². The van der Waals surface area contributed by atoms with Crippen molar-refractivity contribution in [2.75, 3.05) is 6.79 Å². The minimum atomic E-state index is 0. The van der Waals surface area contributed by atoms with Gasteiger partial charge in [-0.2, -0.15) is 0 Å². The molecule has 2 N–H and O–H groups in total. The molecule has 1 heterocycles. The van der Waals surface area contributed by atoms with Crippen LogP contribution in [0.25, 0.3) is 0 Å². The van der Waals surface area contributed by atoms with E-state index in [1.165, 1.54) is 0 Å². The molecule has 0 amide bonds. The van der Waals surface area contributed by atoms with Gasteiger partial charge in [-0.15, -0.1) is 12.4 Å². The van der Waals surface area contributed by atoms with Crippen LogP contribution in [0.1, 0.15) is 5.56 Å². The van der Waals surface area contributed by atoms with Crippen molar-refractivity contribution in [3.05, 3.63) is 23.8 Å². The molecule has 0 aliphatic carbocycles. The topological polar surface area (TPSA) is 44.5 Å². The highest BCUT2D eigenvalue weighted by Gasteiger charge is 2.15. The number of ether oxygens (including phenoxy) is 2. The number of rotatable bonds is 1. The molecule has 0 saturated heterocycles. The Labute approximate surface area is 76.9 Å². The van der Waals surface area contributed by atoms with Gasteiger partial charge in [-0.25, -0.2) is 0 Å². The monoisotopic (exact) mass is 187 g/mol. The van der Waals surface area contributed by atoms with Crippen molar-refractivity contribution in [3.8, 4) is 11.5 Å². The van der Waals surface area contributed by atoms with Crippen LogP contribution in [0, 0.1) is 0 Å². The summed E-state index contributed by atoms with van der Waals surface area (Å²) in [4.78, 5) is 0. The molecule has 4 heteroatoms. The molecule has 1 aromatic carbocycles. The lowest BCUT2D eigenvalue weighted by Gasteiger charge is -2.00. The fraction of sp³-hybridized carbons (Fsp3) is 0.250. The molecule has 0 saturated carbocycles. The van der Waals surface area contributed by atoms with Crippen molar-refractivity contribution < 1.29 is 9.47 Å². The second kappa shape index (κ2) is 3.65. The van der Waals surface area contributed by atoms with Crippen molar-refractivity contribution in [2.24, 2.45) is 5.73 Å². The van der Waals surface area contributed by atoms with E-state index in [-0.39, 0.29) is 12.4 Å². The average molecular weight is 188 g/mol. The maximum atomic E-state index is 5.49. The van der Waals surface area contributed by atoms with E-state index < -0.39 is 0 Å². The Morgan fingerprint density at radius 1 is 1.33 bits per heavy atom. The molecule has 0 unspecified atom stereocenters. The zero-order valence-electron chi connectivity index (χ0n) is 6.45. The summed E-state index contributed by atoms with van der Waals surface area (Å²) < 4.78 is 10.4. The van der Waals surface area contributed by atoms with Crippen molar-refractivity contribution in [3.63, 3.8) is 0 Å². The van der Waals surface area contributed by atoms with Gasteiger partial charge in [0.1, 0.15) is 0 Å². The van der Waals surface area contributed by atoms with E-state index >= 15 is 0 Å². The first kappa shape index (κ1) is 9.16. The van der Waals surface area contributed by atoms with Crippen LogP contribution in [-0.4, -0.2) is 6.79 Å². The first-order valence-electron chi connectivity index (χ1n) is 3.49. The maximum Gasteiger partial charge on any atom is 0.231 e. The van der Waals surface area contributed by atoms with Gasteiger partial charge in [0.25, 0.3) is 0 Å². The number of benzene rings is 1. The quantitative estimate of drug-likeness (QED) is 0.721. The van der Waals surface area contributed by atoms with Gasteiger partial charge in [-0.05, 0) is 6.07 Å². The van der Waals surface area contributed by atoms with E-state index in [1.807, 2.05) is 18.2 Å². The van der Waals surface area contributed by atoms with Crippen molar-refractivity contribution >= 4 is 12.4 Å². The lowest BCUT2D eigenvalue weighted by Crippen LogP contribution is -1.98. The molecule has 1 aromatic rings. The molecule has 3 nitrogen and oxygen atoms in total. The first-order chi connectivity index (χ1) is 5.42. The number of halogens is 1.